The number of likely N-dealkylation sites (tertiary alicyclic amines) is 1. The van der Waals surface area contributed by atoms with Crippen molar-refractivity contribution in [1.29, 1.82) is 0 Å². The molecule has 29 heavy (non-hydrogen) atoms. The number of Topliss-reactive ketones (excluding diaryl/α,β-unsaturated/α-hetero) is 1. The van der Waals surface area contributed by atoms with Crippen LogP contribution in [0.4, 0.5) is 5.13 Å². The summed E-state index contributed by atoms with van der Waals surface area (Å²) in [4.78, 5) is 31.7. The highest BCUT2D eigenvalue weighted by Crippen LogP contribution is 2.24. The number of amides is 1. The summed E-state index contributed by atoms with van der Waals surface area (Å²) in [5.74, 6) is -0.106. The fourth-order valence-electron chi connectivity index (χ4n) is 4.26. The van der Waals surface area contributed by atoms with E-state index in [1.54, 1.807) is 0 Å². The second-order valence-corrected chi connectivity index (χ2v) is 9.00. The van der Waals surface area contributed by atoms with Gasteiger partial charge in [-0.3, -0.25) is 14.5 Å². The van der Waals surface area contributed by atoms with Gasteiger partial charge in [-0.25, -0.2) is 4.98 Å². The molecule has 0 bridgehead atoms. The van der Waals surface area contributed by atoms with Crippen molar-refractivity contribution < 1.29 is 9.59 Å². The number of rotatable bonds is 7. The minimum atomic E-state index is -0.143. The molecule has 0 saturated carbocycles. The number of thiazole rings is 1. The molecule has 1 aromatic heterocycles. The number of aromatic nitrogens is 1. The standard InChI is InChI=1S/C23H29N3O2S/c27-21(19-9-8-17-6-5-7-18(17)14-19)10-11-22(28)25-23-24-20(16-29-23)15-26-12-3-1-2-4-13-26/h8-9,14,16H,1-7,10-13,15H2,(H,24,25,28). The Balaban J connectivity index is 1.24. The fourth-order valence-corrected chi connectivity index (χ4v) is 4.98. The number of aryl methyl sites for hydroxylation is 2. The van der Waals surface area contributed by atoms with Crippen LogP contribution in [0.5, 0.6) is 0 Å². The van der Waals surface area contributed by atoms with Crippen LogP contribution in [0.1, 0.15) is 72.1 Å². The predicted molar refractivity (Wildman–Crippen MR) is 117 cm³/mol. The van der Waals surface area contributed by atoms with Crippen molar-refractivity contribution in [2.24, 2.45) is 0 Å². The molecular formula is C23H29N3O2S. The van der Waals surface area contributed by atoms with E-state index < -0.39 is 0 Å². The Morgan fingerprint density at radius 1 is 1.00 bits per heavy atom. The van der Waals surface area contributed by atoms with Gasteiger partial charge in [0.25, 0.3) is 0 Å². The molecule has 1 N–H and O–H groups in total. The van der Waals surface area contributed by atoms with Crippen LogP contribution in [0.3, 0.4) is 0 Å². The smallest absolute Gasteiger partial charge is 0.226 e. The molecule has 5 nitrogen and oxygen atoms in total. The van der Waals surface area contributed by atoms with Gasteiger partial charge in [-0.15, -0.1) is 11.3 Å². The van der Waals surface area contributed by atoms with Gasteiger partial charge in [0, 0.05) is 30.3 Å². The Kier molecular flexibility index (Phi) is 6.72. The molecule has 1 aromatic carbocycles. The molecule has 1 amide bonds. The molecule has 1 saturated heterocycles. The van der Waals surface area contributed by atoms with Gasteiger partial charge >= 0.3 is 0 Å². The van der Waals surface area contributed by atoms with E-state index in [1.165, 1.54) is 54.6 Å². The molecule has 2 aromatic rings. The van der Waals surface area contributed by atoms with Crippen molar-refractivity contribution in [3.05, 3.63) is 46.0 Å². The van der Waals surface area contributed by atoms with Gasteiger partial charge in [-0.2, -0.15) is 0 Å². The van der Waals surface area contributed by atoms with Crippen molar-refractivity contribution in [2.45, 2.75) is 64.3 Å². The van der Waals surface area contributed by atoms with Gasteiger partial charge in [-0.1, -0.05) is 25.0 Å². The zero-order valence-electron chi connectivity index (χ0n) is 16.9. The number of nitrogens with zero attached hydrogens (tertiary/aromatic N) is 2. The van der Waals surface area contributed by atoms with E-state index in [0.717, 1.165) is 43.7 Å². The summed E-state index contributed by atoms with van der Waals surface area (Å²) in [6, 6.07) is 5.98. The topological polar surface area (TPSA) is 62.3 Å². The Hall–Kier alpha value is -2.05. The third kappa shape index (κ3) is 5.52. The number of carbonyl (C=O) groups is 2. The zero-order chi connectivity index (χ0) is 20.1. The minimum absolute atomic E-state index is 0.0378. The Labute approximate surface area is 176 Å². The van der Waals surface area contributed by atoms with E-state index >= 15 is 0 Å². The zero-order valence-corrected chi connectivity index (χ0v) is 17.7. The molecule has 4 rings (SSSR count). The second-order valence-electron chi connectivity index (χ2n) is 8.14. The van der Waals surface area contributed by atoms with E-state index in [9.17, 15) is 9.59 Å². The van der Waals surface area contributed by atoms with Crippen molar-refractivity contribution in [3.63, 3.8) is 0 Å². The van der Waals surface area contributed by atoms with Gasteiger partial charge in [0.1, 0.15) is 0 Å². The molecule has 1 aliphatic heterocycles. The summed E-state index contributed by atoms with van der Waals surface area (Å²) < 4.78 is 0. The molecule has 6 heteroatoms. The van der Waals surface area contributed by atoms with E-state index in [-0.39, 0.29) is 24.5 Å². The summed E-state index contributed by atoms with van der Waals surface area (Å²) >= 11 is 1.46. The highest BCUT2D eigenvalue weighted by Gasteiger charge is 2.16. The Morgan fingerprint density at radius 2 is 1.79 bits per heavy atom. The molecule has 1 fully saturated rings. The third-order valence-electron chi connectivity index (χ3n) is 5.88. The average molecular weight is 412 g/mol. The first-order chi connectivity index (χ1) is 14.2. The summed E-state index contributed by atoms with van der Waals surface area (Å²) in [6.07, 6.45) is 8.91. The molecule has 2 heterocycles. The van der Waals surface area contributed by atoms with Crippen LogP contribution in [-0.2, 0) is 24.2 Å². The summed E-state index contributed by atoms with van der Waals surface area (Å²) in [5.41, 5.74) is 4.40. The van der Waals surface area contributed by atoms with Crippen molar-refractivity contribution >= 4 is 28.2 Å². The lowest BCUT2D eigenvalue weighted by molar-refractivity contribution is -0.116. The van der Waals surface area contributed by atoms with Gasteiger partial charge < -0.3 is 5.32 Å². The first-order valence-corrected chi connectivity index (χ1v) is 11.7. The SMILES string of the molecule is O=C(CCC(=O)c1ccc2c(c1)CCC2)Nc1nc(CN2CCCCCC2)cs1. The lowest BCUT2D eigenvalue weighted by Crippen LogP contribution is -2.24. The van der Waals surface area contributed by atoms with Crippen LogP contribution < -0.4 is 5.32 Å². The molecule has 1 aliphatic carbocycles. The normalized spacial score (nSPS) is 17.0. The predicted octanol–water partition coefficient (Wildman–Crippen LogP) is 4.61. The van der Waals surface area contributed by atoms with Crippen LogP contribution in [-0.4, -0.2) is 34.7 Å². The number of benzene rings is 1. The van der Waals surface area contributed by atoms with Crippen LogP contribution in [0.2, 0.25) is 0 Å². The van der Waals surface area contributed by atoms with E-state index in [4.69, 9.17) is 0 Å². The van der Waals surface area contributed by atoms with Gasteiger partial charge in [0.05, 0.1) is 5.69 Å². The third-order valence-corrected chi connectivity index (χ3v) is 6.69. The van der Waals surface area contributed by atoms with E-state index in [1.807, 2.05) is 17.5 Å². The highest BCUT2D eigenvalue weighted by atomic mass is 32.1. The molecule has 0 atom stereocenters. The molecule has 154 valence electrons. The number of nitrogens with one attached hydrogen (secondary N) is 1. The van der Waals surface area contributed by atoms with Crippen molar-refractivity contribution in [1.82, 2.24) is 9.88 Å². The van der Waals surface area contributed by atoms with E-state index in [0.29, 0.717) is 5.13 Å². The number of ketones is 1. The van der Waals surface area contributed by atoms with Crippen LogP contribution >= 0.6 is 11.3 Å². The van der Waals surface area contributed by atoms with Gasteiger partial charge in [0.2, 0.25) is 5.91 Å². The largest absolute Gasteiger partial charge is 0.302 e. The summed E-state index contributed by atoms with van der Waals surface area (Å²) in [7, 11) is 0. The number of hydrogen-bond donors (Lipinski definition) is 1. The molecule has 0 spiro atoms. The molecule has 0 radical (unpaired) electrons. The van der Waals surface area contributed by atoms with Crippen molar-refractivity contribution in [2.75, 3.05) is 18.4 Å². The Morgan fingerprint density at radius 3 is 2.62 bits per heavy atom. The molecule has 0 unspecified atom stereocenters. The lowest BCUT2D eigenvalue weighted by Gasteiger charge is -2.17. The summed E-state index contributed by atoms with van der Waals surface area (Å²) in [5, 5.41) is 5.51. The number of hydrogen-bond acceptors (Lipinski definition) is 5. The molecule has 2 aliphatic rings. The second kappa shape index (κ2) is 9.63. The lowest BCUT2D eigenvalue weighted by atomic mass is 10.0. The first kappa shape index (κ1) is 20.2. The van der Waals surface area contributed by atoms with E-state index in [2.05, 4.69) is 21.3 Å². The van der Waals surface area contributed by atoms with Gasteiger partial charge in [-0.05, 0) is 62.4 Å². The fraction of sp³-hybridized carbons (Fsp3) is 0.522. The van der Waals surface area contributed by atoms with Crippen LogP contribution in [0.25, 0.3) is 0 Å². The highest BCUT2D eigenvalue weighted by molar-refractivity contribution is 7.13. The number of anilines is 1. The maximum atomic E-state index is 12.5. The van der Waals surface area contributed by atoms with Crippen LogP contribution in [0.15, 0.2) is 23.6 Å². The summed E-state index contributed by atoms with van der Waals surface area (Å²) in [6.45, 7) is 3.11. The van der Waals surface area contributed by atoms with Crippen LogP contribution in [0, 0.1) is 0 Å². The quantitative estimate of drug-likeness (QED) is 0.676. The first-order valence-electron chi connectivity index (χ1n) is 10.8. The Bertz CT molecular complexity index is 869. The maximum Gasteiger partial charge on any atom is 0.226 e. The number of fused-ring (bicyclic) bond motifs is 1. The number of carbonyl (C=O) groups excluding carboxylic acids is 2. The maximum absolute atomic E-state index is 12.5. The van der Waals surface area contributed by atoms with Gasteiger partial charge in [0.15, 0.2) is 10.9 Å². The average Bonchev–Trinajstić information content (AvgIpc) is 3.29. The monoisotopic (exact) mass is 411 g/mol. The minimum Gasteiger partial charge on any atom is -0.302 e. The van der Waals surface area contributed by atoms with Crippen molar-refractivity contribution in [3.8, 4) is 0 Å². The molecular weight excluding hydrogens is 382 g/mol.